The lowest BCUT2D eigenvalue weighted by molar-refractivity contribution is -0.194. The van der Waals surface area contributed by atoms with Crippen LogP contribution in [0.25, 0.3) is 0 Å². The van der Waals surface area contributed by atoms with Crippen molar-refractivity contribution in [3.63, 3.8) is 0 Å². The van der Waals surface area contributed by atoms with E-state index in [4.69, 9.17) is 14.2 Å². The minimum Gasteiger partial charge on any atom is -0.463 e. The number of methoxy groups -OCH3 is 2. The van der Waals surface area contributed by atoms with Gasteiger partial charge in [0.1, 0.15) is 23.6 Å². The number of nitrogens with zero attached hydrogens (tertiary/aromatic N) is 2. The van der Waals surface area contributed by atoms with E-state index in [1.54, 1.807) is 11.8 Å². The van der Waals surface area contributed by atoms with Gasteiger partial charge in [0, 0.05) is 45.9 Å². The molecule has 0 radical (unpaired) electrons. The predicted molar refractivity (Wildman–Crippen MR) is 114 cm³/mol. The molecule has 1 unspecified atom stereocenters. The van der Waals surface area contributed by atoms with Crippen LogP contribution in [0.5, 0.6) is 0 Å². The van der Waals surface area contributed by atoms with Crippen molar-refractivity contribution < 1.29 is 32.2 Å². The van der Waals surface area contributed by atoms with Crippen LogP contribution in [-0.2, 0) is 19.0 Å². The molecule has 3 aliphatic heterocycles. The summed E-state index contributed by atoms with van der Waals surface area (Å²) in [4.78, 5) is 15.6. The van der Waals surface area contributed by atoms with Gasteiger partial charge in [0.25, 0.3) is 0 Å². The first-order valence-corrected chi connectivity index (χ1v) is 10.6. The molecule has 10 heteroatoms. The number of nitrogens with one attached hydrogen (secondary N) is 1. The average molecular weight is 465 g/mol. The van der Waals surface area contributed by atoms with Crippen LogP contribution in [0.3, 0.4) is 0 Å². The largest absolute Gasteiger partial charge is 0.463 e. The van der Waals surface area contributed by atoms with Crippen LogP contribution in [0.4, 0.5) is 18.9 Å². The van der Waals surface area contributed by atoms with Crippen LogP contribution in [0.2, 0.25) is 0 Å². The maximum Gasteiger partial charge on any atom is 0.335 e. The molecule has 1 aromatic carbocycles. The van der Waals surface area contributed by atoms with Crippen molar-refractivity contribution in [3.05, 3.63) is 64.9 Å². The highest BCUT2D eigenvalue weighted by Crippen LogP contribution is 2.37. The van der Waals surface area contributed by atoms with Crippen molar-refractivity contribution in [2.24, 2.45) is 0 Å². The number of fused-ring (bicyclic) bond motifs is 1. The van der Waals surface area contributed by atoms with Gasteiger partial charge in [0.2, 0.25) is 0 Å². The quantitative estimate of drug-likeness (QED) is 0.511. The van der Waals surface area contributed by atoms with Crippen LogP contribution in [0.15, 0.2) is 53.3 Å². The summed E-state index contributed by atoms with van der Waals surface area (Å²) >= 11 is 0. The number of allylic oxidation sites excluding steroid dienone is 2. The third kappa shape index (κ3) is 4.32. The highest BCUT2D eigenvalue weighted by atomic mass is 19.1. The Morgan fingerprint density at radius 1 is 1.24 bits per heavy atom. The van der Waals surface area contributed by atoms with Gasteiger partial charge in [0.15, 0.2) is 11.6 Å². The van der Waals surface area contributed by atoms with Gasteiger partial charge in [0.05, 0.1) is 24.4 Å². The van der Waals surface area contributed by atoms with Gasteiger partial charge in [-0.25, -0.2) is 18.0 Å². The van der Waals surface area contributed by atoms with Crippen LogP contribution >= 0.6 is 0 Å². The molecule has 3 heterocycles. The number of esters is 1. The Kier molecular flexibility index (Phi) is 6.40. The Bertz CT molecular complexity index is 1040. The molecule has 1 atom stereocenters. The molecule has 1 fully saturated rings. The Hall–Kier alpha value is -2.98. The summed E-state index contributed by atoms with van der Waals surface area (Å²) in [5, 5.41) is 3.13. The van der Waals surface area contributed by atoms with E-state index in [9.17, 15) is 13.6 Å². The Morgan fingerprint density at radius 2 is 2.00 bits per heavy atom. The number of hydrogen-bond donors (Lipinski definition) is 1. The molecule has 0 spiro atoms. The molecule has 1 N–H and O–H groups in total. The van der Waals surface area contributed by atoms with Gasteiger partial charge < -0.3 is 29.3 Å². The van der Waals surface area contributed by atoms with Crippen molar-refractivity contribution in [1.29, 1.82) is 0 Å². The zero-order valence-corrected chi connectivity index (χ0v) is 18.7. The van der Waals surface area contributed by atoms with Crippen molar-refractivity contribution in [2.45, 2.75) is 31.7 Å². The van der Waals surface area contributed by atoms with E-state index in [-0.39, 0.29) is 30.1 Å². The SMILES string of the molecule is CCOC(=O)C1=CN(c2ccc(F)cc2F)C2NC(N3CCC(OC)(OC)C3)=C(F)C=C2C1. The van der Waals surface area contributed by atoms with Gasteiger partial charge in [-0.2, -0.15) is 0 Å². The Balaban J connectivity index is 1.71. The number of halogens is 3. The normalized spacial score (nSPS) is 21.9. The monoisotopic (exact) mass is 465 g/mol. The molecule has 1 saturated heterocycles. The van der Waals surface area contributed by atoms with E-state index >= 15 is 4.39 Å². The first-order valence-electron chi connectivity index (χ1n) is 10.6. The molecule has 3 aliphatic rings. The lowest BCUT2D eigenvalue weighted by Gasteiger charge is -2.42. The topological polar surface area (TPSA) is 63.3 Å². The highest BCUT2D eigenvalue weighted by Gasteiger charge is 2.42. The fourth-order valence-corrected chi connectivity index (χ4v) is 4.36. The number of anilines is 1. The molecule has 178 valence electrons. The molecule has 1 aromatic rings. The number of dihydropyridines is 1. The molecule has 0 amide bonds. The van der Waals surface area contributed by atoms with Gasteiger partial charge in [-0.3, -0.25) is 0 Å². The summed E-state index contributed by atoms with van der Waals surface area (Å²) in [7, 11) is 3.07. The fourth-order valence-electron chi connectivity index (χ4n) is 4.36. The summed E-state index contributed by atoms with van der Waals surface area (Å²) in [6.07, 6.45) is 2.76. The number of carbonyl (C=O) groups excluding carboxylic acids is 1. The van der Waals surface area contributed by atoms with Gasteiger partial charge >= 0.3 is 5.97 Å². The van der Waals surface area contributed by atoms with E-state index in [0.29, 0.717) is 25.1 Å². The maximum atomic E-state index is 15.2. The van der Waals surface area contributed by atoms with Crippen LogP contribution in [0.1, 0.15) is 19.8 Å². The van der Waals surface area contributed by atoms with Crippen molar-refractivity contribution in [1.82, 2.24) is 10.2 Å². The highest BCUT2D eigenvalue weighted by molar-refractivity contribution is 5.90. The third-order valence-corrected chi connectivity index (χ3v) is 6.11. The molecular weight excluding hydrogens is 439 g/mol. The second kappa shape index (κ2) is 9.11. The zero-order valence-electron chi connectivity index (χ0n) is 18.7. The molecular formula is C23H26F3N3O4. The number of likely N-dealkylation sites (tertiary alicyclic amines) is 1. The Labute approximate surface area is 190 Å². The number of hydrogen-bond acceptors (Lipinski definition) is 7. The van der Waals surface area contributed by atoms with Crippen molar-refractivity contribution >= 4 is 11.7 Å². The number of ether oxygens (including phenoxy) is 3. The smallest absolute Gasteiger partial charge is 0.335 e. The second-order valence-corrected chi connectivity index (χ2v) is 8.01. The summed E-state index contributed by atoms with van der Waals surface area (Å²) in [6.45, 7) is 2.60. The minimum absolute atomic E-state index is 0.0347. The molecule has 0 aliphatic carbocycles. The van der Waals surface area contributed by atoms with Crippen LogP contribution in [0, 0.1) is 11.6 Å². The molecule has 7 nitrogen and oxygen atoms in total. The van der Waals surface area contributed by atoms with E-state index in [1.165, 1.54) is 37.5 Å². The lowest BCUT2D eigenvalue weighted by Crippen LogP contribution is -2.52. The van der Waals surface area contributed by atoms with E-state index in [1.807, 2.05) is 0 Å². The van der Waals surface area contributed by atoms with Gasteiger partial charge in [-0.1, -0.05) is 0 Å². The molecule has 0 saturated carbocycles. The van der Waals surface area contributed by atoms with Crippen molar-refractivity contribution in [3.8, 4) is 0 Å². The zero-order chi connectivity index (χ0) is 23.8. The standard InChI is InChI=1S/C23H26F3N3O4/c1-4-33-22(30)15-9-14-10-18(26)21(28-8-7-23(13-28,31-2)32-3)27-20(14)29(12-15)19-6-5-16(24)11-17(19)25/h5-6,10-12,20,27H,4,7-9,13H2,1-3H3. The Morgan fingerprint density at radius 3 is 2.64 bits per heavy atom. The minimum atomic E-state index is -0.856. The third-order valence-electron chi connectivity index (χ3n) is 6.11. The first kappa shape index (κ1) is 23.2. The molecule has 0 bridgehead atoms. The molecule has 0 aromatic heterocycles. The number of benzene rings is 1. The maximum absolute atomic E-state index is 15.2. The second-order valence-electron chi connectivity index (χ2n) is 8.01. The van der Waals surface area contributed by atoms with Gasteiger partial charge in [-0.15, -0.1) is 0 Å². The summed E-state index contributed by atoms with van der Waals surface area (Å²) in [5.41, 5.74) is 0.780. The van der Waals surface area contributed by atoms with Crippen LogP contribution < -0.4 is 10.2 Å². The summed E-state index contributed by atoms with van der Waals surface area (Å²) < 4.78 is 59.6. The summed E-state index contributed by atoms with van der Waals surface area (Å²) in [5.74, 6) is -3.29. The summed E-state index contributed by atoms with van der Waals surface area (Å²) in [6, 6.07) is 3.16. The number of rotatable bonds is 6. The van der Waals surface area contributed by atoms with Crippen LogP contribution in [-0.4, -0.2) is 56.7 Å². The number of carbonyl (C=O) groups is 1. The van der Waals surface area contributed by atoms with E-state index < -0.39 is 35.4 Å². The van der Waals surface area contributed by atoms with Crippen molar-refractivity contribution in [2.75, 3.05) is 38.8 Å². The first-order chi connectivity index (χ1) is 15.8. The van der Waals surface area contributed by atoms with E-state index in [0.717, 1.165) is 12.1 Å². The lowest BCUT2D eigenvalue weighted by atomic mass is 9.95. The van der Waals surface area contributed by atoms with E-state index in [2.05, 4.69) is 5.32 Å². The molecule has 33 heavy (non-hydrogen) atoms. The average Bonchev–Trinajstić information content (AvgIpc) is 3.23. The fraction of sp³-hybridized carbons (Fsp3) is 0.435. The van der Waals surface area contributed by atoms with Gasteiger partial charge in [-0.05, 0) is 30.7 Å². The predicted octanol–water partition coefficient (Wildman–Crippen LogP) is 3.31. The molecule has 4 rings (SSSR count).